The molecular formula is C17H25N3. The number of para-hydroxylation sites is 1. The Bertz CT molecular complexity index is 573. The molecule has 3 rings (SSSR count). The molecule has 0 aliphatic carbocycles. The summed E-state index contributed by atoms with van der Waals surface area (Å²) in [6.45, 7) is 7.96. The van der Waals surface area contributed by atoms with Crippen LogP contribution in [0, 0.1) is 5.92 Å². The van der Waals surface area contributed by atoms with Crippen molar-refractivity contribution in [3.63, 3.8) is 0 Å². The van der Waals surface area contributed by atoms with Crippen molar-refractivity contribution < 1.29 is 0 Å². The van der Waals surface area contributed by atoms with Crippen molar-refractivity contribution in [3.8, 4) is 0 Å². The molecule has 1 fully saturated rings. The second-order valence-electron chi connectivity index (χ2n) is 5.90. The molecule has 1 N–H and O–H groups in total. The third-order valence-electron chi connectivity index (χ3n) is 4.47. The van der Waals surface area contributed by atoms with Gasteiger partial charge in [-0.25, -0.2) is 0 Å². The average molecular weight is 271 g/mol. The van der Waals surface area contributed by atoms with E-state index in [4.69, 9.17) is 0 Å². The van der Waals surface area contributed by atoms with Gasteiger partial charge in [0.1, 0.15) is 0 Å². The van der Waals surface area contributed by atoms with Gasteiger partial charge in [-0.15, -0.1) is 0 Å². The molecule has 1 aromatic carbocycles. The Labute approximate surface area is 121 Å². The van der Waals surface area contributed by atoms with Gasteiger partial charge in [0.25, 0.3) is 0 Å². The van der Waals surface area contributed by atoms with Crippen molar-refractivity contribution in [2.24, 2.45) is 5.92 Å². The minimum atomic E-state index is 0.819. The molecule has 0 saturated carbocycles. The highest BCUT2D eigenvalue weighted by Crippen LogP contribution is 2.25. The lowest BCUT2D eigenvalue weighted by molar-refractivity contribution is 0.316. The number of likely N-dealkylation sites (tertiary alicyclic amines) is 1. The Morgan fingerprint density at radius 1 is 1.30 bits per heavy atom. The Morgan fingerprint density at radius 2 is 2.15 bits per heavy atom. The first kappa shape index (κ1) is 13.7. The van der Waals surface area contributed by atoms with Crippen molar-refractivity contribution in [3.05, 3.63) is 36.0 Å². The van der Waals surface area contributed by atoms with Gasteiger partial charge in [-0.2, -0.15) is 0 Å². The van der Waals surface area contributed by atoms with Gasteiger partial charge in [0.05, 0.1) is 0 Å². The highest BCUT2D eigenvalue weighted by molar-refractivity contribution is 5.83. The number of aromatic nitrogens is 1. The molecular weight excluding hydrogens is 246 g/mol. The summed E-state index contributed by atoms with van der Waals surface area (Å²) in [6.07, 6.45) is 3.67. The van der Waals surface area contributed by atoms with E-state index in [1.54, 1.807) is 0 Å². The molecule has 0 spiro atoms. The fraction of sp³-hybridized carbons (Fsp3) is 0.529. The second kappa shape index (κ2) is 5.98. The average Bonchev–Trinajstić information content (AvgIpc) is 3.05. The number of hydrogen-bond donors (Lipinski definition) is 1. The van der Waals surface area contributed by atoms with Crippen LogP contribution in [-0.4, -0.2) is 36.1 Å². The van der Waals surface area contributed by atoms with Crippen LogP contribution in [0.3, 0.4) is 0 Å². The standard InChI is InChI=1S/C17H25N3/c1-3-20-13-15(16-6-4-5-7-17(16)20)12-19-9-8-14(11-19)10-18-2/h4-7,13-14,18H,3,8-12H2,1-2H3. The van der Waals surface area contributed by atoms with Crippen LogP contribution in [0.5, 0.6) is 0 Å². The molecule has 3 nitrogen and oxygen atoms in total. The van der Waals surface area contributed by atoms with Gasteiger partial charge in [-0.1, -0.05) is 18.2 Å². The zero-order valence-electron chi connectivity index (χ0n) is 12.6. The summed E-state index contributed by atoms with van der Waals surface area (Å²) in [4.78, 5) is 2.60. The van der Waals surface area contributed by atoms with Gasteiger partial charge in [0.15, 0.2) is 0 Å². The lowest BCUT2D eigenvalue weighted by Gasteiger charge is -2.15. The Balaban J connectivity index is 1.78. The van der Waals surface area contributed by atoms with Crippen LogP contribution in [0.1, 0.15) is 18.9 Å². The molecule has 1 unspecified atom stereocenters. The number of nitrogens with one attached hydrogen (secondary N) is 1. The Hall–Kier alpha value is -1.32. The van der Waals surface area contributed by atoms with Crippen molar-refractivity contribution in [2.75, 3.05) is 26.7 Å². The number of fused-ring (bicyclic) bond motifs is 1. The molecule has 20 heavy (non-hydrogen) atoms. The van der Waals surface area contributed by atoms with Crippen LogP contribution >= 0.6 is 0 Å². The van der Waals surface area contributed by atoms with E-state index in [1.165, 1.54) is 36.0 Å². The van der Waals surface area contributed by atoms with E-state index in [9.17, 15) is 0 Å². The summed E-state index contributed by atoms with van der Waals surface area (Å²) in [7, 11) is 2.05. The Morgan fingerprint density at radius 3 is 2.95 bits per heavy atom. The van der Waals surface area contributed by atoms with E-state index in [0.29, 0.717) is 0 Å². The molecule has 0 radical (unpaired) electrons. The Kier molecular flexibility index (Phi) is 4.08. The molecule has 1 aromatic heterocycles. The molecule has 0 bridgehead atoms. The van der Waals surface area contributed by atoms with Crippen molar-refractivity contribution in [2.45, 2.75) is 26.4 Å². The maximum atomic E-state index is 3.31. The van der Waals surface area contributed by atoms with E-state index in [-0.39, 0.29) is 0 Å². The summed E-state index contributed by atoms with van der Waals surface area (Å²) < 4.78 is 2.37. The molecule has 0 amide bonds. The monoisotopic (exact) mass is 271 g/mol. The SMILES string of the molecule is CCn1cc(CN2CCC(CNC)C2)c2ccccc21. The number of aryl methyl sites for hydroxylation is 1. The number of hydrogen-bond acceptors (Lipinski definition) is 2. The van der Waals surface area contributed by atoms with Gasteiger partial charge in [0.2, 0.25) is 0 Å². The normalized spacial score (nSPS) is 20.0. The quantitative estimate of drug-likeness (QED) is 0.902. The molecule has 1 aliphatic rings. The molecule has 1 saturated heterocycles. The first-order valence-electron chi connectivity index (χ1n) is 7.75. The summed E-state index contributed by atoms with van der Waals surface area (Å²) >= 11 is 0. The predicted molar refractivity (Wildman–Crippen MR) is 84.9 cm³/mol. The number of nitrogens with zero attached hydrogens (tertiary/aromatic N) is 2. The topological polar surface area (TPSA) is 20.2 Å². The minimum Gasteiger partial charge on any atom is -0.347 e. The zero-order valence-corrected chi connectivity index (χ0v) is 12.6. The van der Waals surface area contributed by atoms with E-state index in [1.807, 2.05) is 0 Å². The molecule has 3 heteroatoms. The maximum Gasteiger partial charge on any atom is 0.0483 e. The van der Waals surface area contributed by atoms with Crippen LogP contribution in [-0.2, 0) is 13.1 Å². The largest absolute Gasteiger partial charge is 0.347 e. The highest BCUT2D eigenvalue weighted by atomic mass is 15.1. The van der Waals surface area contributed by atoms with Gasteiger partial charge in [-0.05, 0) is 51.0 Å². The van der Waals surface area contributed by atoms with E-state index < -0.39 is 0 Å². The first-order valence-corrected chi connectivity index (χ1v) is 7.75. The van der Waals surface area contributed by atoms with Crippen LogP contribution in [0.15, 0.2) is 30.5 Å². The van der Waals surface area contributed by atoms with Gasteiger partial charge in [0, 0.05) is 36.7 Å². The molecule has 108 valence electrons. The second-order valence-corrected chi connectivity index (χ2v) is 5.90. The van der Waals surface area contributed by atoms with E-state index >= 15 is 0 Å². The van der Waals surface area contributed by atoms with Crippen molar-refractivity contribution in [1.29, 1.82) is 0 Å². The summed E-state index contributed by atoms with van der Waals surface area (Å²) in [6, 6.07) is 8.78. The third-order valence-corrected chi connectivity index (χ3v) is 4.47. The van der Waals surface area contributed by atoms with Crippen LogP contribution in [0.4, 0.5) is 0 Å². The number of rotatable bonds is 5. The zero-order chi connectivity index (χ0) is 13.9. The lowest BCUT2D eigenvalue weighted by atomic mass is 10.1. The molecule has 2 aromatic rings. The van der Waals surface area contributed by atoms with E-state index in [0.717, 1.165) is 25.6 Å². The van der Waals surface area contributed by atoms with Crippen LogP contribution < -0.4 is 5.32 Å². The van der Waals surface area contributed by atoms with Gasteiger partial charge < -0.3 is 9.88 Å². The highest BCUT2D eigenvalue weighted by Gasteiger charge is 2.22. The van der Waals surface area contributed by atoms with E-state index in [2.05, 4.69) is 59.2 Å². The summed E-state index contributed by atoms with van der Waals surface area (Å²) in [5.74, 6) is 0.819. The lowest BCUT2D eigenvalue weighted by Crippen LogP contribution is -2.24. The first-order chi connectivity index (χ1) is 9.81. The molecule has 1 aliphatic heterocycles. The number of benzene rings is 1. The summed E-state index contributed by atoms with van der Waals surface area (Å²) in [5.41, 5.74) is 2.85. The maximum absolute atomic E-state index is 3.31. The predicted octanol–water partition coefficient (Wildman–Crippen LogP) is 2.70. The fourth-order valence-corrected chi connectivity index (χ4v) is 3.46. The molecule has 1 atom stereocenters. The van der Waals surface area contributed by atoms with Gasteiger partial charge >= 0.3 is 0 Å². The fourth-order valence-electron chi connectivity index (χ4n) is 3.46. The van der Waals surface area contributed by atoms with Crippen molar-refractivity contribution in [1.82, 2.24) is 14.8 Å². The van der Waals surface area contributed by atoms with Crippen molar-refractivity contribution >= 4 is 10.9 Å². The minimum absolute atomic E-state index is 0.819. The van der Waals surface area contributed by atoms with Crippen LogP contribution in [0.25, 0.3) is 10.9 Å². The molecule has 2 heterocycles. The summed E-state index contributed by atoms with van der Waals surface area (Å²) in [5, 5.41) is 4.73. The smallest absolute Gasteiger partial charge is 0.0483 e. The van der Waals surface area contributed by atoms with Gasteiger partial charge in [-0.3, -0.25) is 4.90 Å². The third kappa shape index (κ3) is 2.60. The van der Waals surface area contributed by atoms with Crippen LogP contribution in [0.2, 0.25) is 0 Å².